The van der Waals surface area contributed by atoms with Gasteiger partial charge in [0.2, 0.25) is 5.75 Å². The lowest BCUT2D eigenvalue weighted by atomic mass is 9.87. The summed E-state index contributed by atoms with van der Waals surface area (Å²) in [6.07, 6.45) is 3.37. The van der Waals surface area contributed by atoms with Crippen LogP contribution in [0.5, 0.6) is 46.0 Å². The minimum absolute atomic E-state index is 0. The van der Waals surface area contributed by atoms with Crippen molar-refractivity contribution < 1.29 is 28.4 Å². The maximum atomic E-state index is 7.03. The van der Waals surface area contributed by atoms with Crippen LogP contribution in [-0.2, 0) is 25.7 Å². The highest BCUT2D eigenvalue weighted by Gasteiger charge is 2.34. The first-order chi connectivity index (χ1) is 22.4. The van der Waals surface area contributed by atoms with E-state index in [4.69, 9.17) is 28.4 Å². The predicted octanol–water partition coefficient (Wildman–Crippen LogP) is 8.01. The van der Waals surface area contributed by atoms with Crippen molar-refractivity contribution in [3.63, 3.8) is 0 Å². The maximum absolute atomic E-state index is 7.03. The van der Waals surface area contributed by atoms with Crippen molar-refractivity contribution in [1.82, 2.24) is 9.80 Å². The van der Waals surface area contributed by atoms with E-state index in [2.05, 4.69) is 66.4 Å². The van der Waals surface area contributed by atoms with Gasteiger partial charge in [0.05, 0.1) is 28.4 Å². The number of methoxy groups -OCH3 is 4. The highest BCUT2D eigenvalue weighted by atomic mass is 35.5. The summed E-state index contributed by atoms with van der Waals surface area (Å²) in [7, 11) is 11.1. The van der Waals surface area contributed by atoms with E-state index in [9.17, 15) is 0 Å². The SMILES string of the molecule is COc1ccc2cc1Oc1ccc(cc1)C[C@H]1c3cc(c(OC)cc3CCN1C)Oc1c(OC)c(OC)cc3c1[C@@H](C2)N(C)CC3.Cl.Cl. The van der Waals surface area contributed by atoms with Gasteiger partial charge < -0.3 is 28.4 Å². The number of benzene rings is 4. The summed E-state index contributed by atoms with van der Waals surface area (Å²) >= 11 is 0. The Morgan fingerprint density at radius 1 is 0.604 bits per heavy atom. The molecule has 4 heterocycles. The first-order valence-corrected chi connectivity index (χ1v) is 15.9. The van der Waals surface area contributed by atoms with E-state index < -0.39 is 0 Å². The van der Waals surface area contributed by atoms with Crippen LogP contribution in [0, 0.1) is 0 Å². The van der Waals surface area contributed by atoms with E-state index in [1.165, 1.54) is 22.3 Å². The first-order valence-electron chi connectivity index (χ1n) is 15.9. The summed E-state index contributed by atoms with van der Waals surface area (Å²) in [6.45, 7) is 1.86. The van der Waals surface area contributed by atoms with Gasteiger partial charge in [-0.3, -0.25) is 9.80 Å². The van der Waals surface area contributed by atoms with E-state index >= 15 is 0 Å². The molecule has 0 spiro atoms. The molecule has 4 aliphatic heterocycles. The van der Waals surface area contributed by atoms with Gasteiger partial charge in [0, 0.05) is 30.7 Å². The molecule has 4 aliphatic rings. The summed E-state index contributed by atoms with van der Waals surface area (Å²) in [5.41, 5.74) is 7.15. The summed E-state index contributed by atoms with van der Waals surface area (Å²) in [5, 5.41) is 0. The van der Waals surface area contributed by atoms with Crippen molar-refractivity contribution in [2.24, 2.45) is 0 Å². The molecule has 0 radical (unpaired) electrons. The molecule has 4 aromatic carbocycles. The Balaban J connectivity index is 0.00000225. The molecule has 0 saturated carbocycles. The molecule has 8 nitrogen and oxygen atoms in total. The van der Waals surface area contributed by atoms with Gasteiger partial charge in [-0.15, -0.1) is 24.8 Å². The molecule has 0 fully saturated rings. The number of hydrogen-bond acceptors (Lipinski definition) is 8. The minimum Gasteiger partial charge on any atom is -0.493 e. The van der Waals surface area contributed by atoms with Crippen molar-refractivity contribution in [3.05, 3.63) is 94.0 Å². The van der Waals surface area contributed by atoms with Crippen LogP contribution >= 0.6 is 24.8 Å². The molecule has 6 bridgehead atoms. The van der Waals surface area contributed by atoms with E-state index in [1.54, 1.807) is 28.4 Å². The zero-order valence-electron chi connectivity index (χ0n) is 28.3. The second-order valence-electron chi connectivity index (χ2n) is 12.5. The smallest absolute Gasteiger partial charge is 0.204 e. The van der Waals surface area contributed by atoms with E-state index in [0.717, 1.165) is 55.6 Å². The Hall–Kier alpha value is -3.82. The van der Waals surface area contributed by atoms with Gasteiger partial charge in [-0.25, -0.2) is 0 Å². The Bertz CT molecular complexity index is 1770. The highest BCUT2D eigenvalue weighted by molar-refractivity contribution is 5.85. The van der Waals surface area contributed by atoms with Gasteiger partial charge in [0.1, 0.15) is 5.75 Å². The lowest BCUT2D eigenvalue weighted by Crippen LogP contribution is -2.34. The normalized spacial score (nSPS) is 18.4. The molecule has 8 rings (SSSR count). The van der Waals surface area contributed by atoms with Gasteiger partial charge in [0.25, 0.3) is 0 Å². The van der Waals surface area contributed by atoms with Gasteiger partial charge in [0.15, 0.2) is 34.5 Å². The second kappa shape index (κ2) is 14.7. The molecule has 0 aliphatic carbocycles. The summed E-state index contributed by atoms with van der Waals surface area (Å²) in [5.74, 6) is 5.41. The molecular weight excluding hydrogens is 651 g/mol. The molecule has 48 heavy (non-hydrogen) atoms. The Labute approximate surface area is 295 Å². The zero-order valence-corrected chi connectivity index (χ0v) is 30.0. The predicted molar refractivity (Wildman–Crippen MR) is 192 cm³/mol. The fraction of sp³-hybridized carbons (Fsp3) is 0.368. The molecule has 4 aromatic rings. The van der Waals surface area contributed by atoms with Crippen LogP contribution in [0.25, 0.3) is 0 Å². The van der Waals surface area contributed by atoms with Crippen LogP contribution in [0.3, 0.4) is 0 Å². The first kappa shape index (κ1) is 35.5. The molecule has 0 N–H and O–H groups in total. The number of hydrogen-bond donors (Lipinski definition) is 0. The van der Waals surface area contributed by atoms with E-state index in [1.807, 2.05) is 18.2 Å². The third-order valence-corrected chi connectivity index (χ3v) is 9.85. The number of rotatable bonds is 4. The van der Waals surface area contributed by atoms with Crippen LogP contribution in [0.2, 0.25) is 0 Å². The van der Waals surface area contributed by atoms with Crippen molar-refractivity contribution >= 4 is 24.8 Å². The number of fused-ring (bicyclic) bond motifs is 2. The highest BCUT2D eigenvalue weighted by Crippen LogP contribution is 2.52. The Morgan fingerprint density at radius 3 is 1.90 bits per heavy atom. The van der Waals surface area contributed by atoms with E-state index in [-0.39, 0.29) is 36.9 Å². The number of ether oxygens (including phenoxy) is 6. The topological polar surface area (TPSA) is 61.9 Å². The Morgan fingerprint density at radius 2 is 1.21 bits per heavy atom. The largest absolute Gasteiger partial charge is 0.493 e. The van der Waals surface area contributed by atoms with E-state index in [0.29, 0.717) is 40.2 Å². The lowest BCUT2D eigenvalue weighted by Gasteiger charge is -2.37. The molecule has 0 saturated heterocycles. The molecule has 10 heteroatoms. The molecule has 256 valence electrons. The number of nitrogens with zero attached hydrogens (tertiary/aromatic N) is 2. The van der Waals surface area contributed by atoms with Crippen LogP contribution in [0.1, 0.15) is 45.5 Å². The van der Waals surface area contributed by atoms with Crippen LogP contribution in [0.4, 0.5) is 0 Å². The quantitative estimate of drug-likeness (QED) is 0.213. The molecule has 0 aromatic heterocycles. The maximum Gasteiger partial charge on any atom is 0.204 e. The van der Waals surface area contributed by atoms with Crippen LogP contribution in [0.15, 0.2) is 60.7 Å². The fourth-order valence-electron chi connectivity index (χ4n) is 7.28. The monoisotopic (exact) mass is 694 g/mol. The second-order valence-corrected chi connectivity index (χ2v) is 12.5. The van der Waals surface area contributed by atoms with Crippen LogP contribution in [-0.4, -0.2) is 65.4 Å². The summed E-state index contributed by atoms with van der Waals surface area (Å²) in [6, 6.07) is 21.2. The summed E-state index contributed by atoms with van der Waals surface area (Å²) < 4.78 is 37.1. The summed E-state index contributed by atoms with van der Waals surface area (Å²) in [4.78, 5) is 4.81. The van der Waals surface area contributed by atoms with Crippen molar-refractivity contribution in [2.45, 2.75) is 37.8 Å². The molecule has 2 atom stereocenters. The minimum atomic E-state index is 0. The van der Waals surface area contributed by atoms with Gasteiger partial charge >= 0.3 is 0 Å². The molecule has 0 amide bonds. The third-order valence-electron chi connectivity index (χ3n) is 9.85. The lowest BCUT2D eigenvalue weighted by molar-refractivity contribution is 0.220. The average Bonchev–Trinajstić information content (AvgIpc) is 3.07. The number of likely N-dealkylation sites (N-methyl/N-ethyl adjacent to an activating group) is 2. The van der Waals surface area contributed by atoms with Crippen molar-refractivity contribution in [2.75, 3.05) is 55.6 Å². The Kier molecular flexibility index (Phi) is 10.9. The third kappa shape index (κ3) is 6.47. The molecular formula is C38H44Cl2N2O6. The number of halogens is 2. The van der Waals surface area contributed by atoms with Crippen molar-refractivity contribution in [3.8, 4) is 46.0 Å². The van der Waals surface area contributed by atoms with Gasteiger partial charge in [-0.2, -0.15) is 0 Å². The fourth-order valence-corrected chi connectivity index (χ4v) is 7.28. The zero-order chi connectivity index (χ0) is 31.9. The molecule has 0 unspecified atom stereocenters. The average molecular weight is 696 g/mol. The van der Waals surface area contributed by atoms with Gasteiger partial charge in [-0.05, 0) is 110 Å². The van der Waals surface area contributed by atoms with Gasteiger partial charge in [-0.1, -0.05) is 18.2 Å². The standard InChI is InChI=1S/C38H42N2O6.2ClH/c1-39-15-13-25-20-32(42-4)34-22-28(25)29(39)17-23-7-10-27(11-8-23)45-33-19-24(9-12-31(33)41-3)18-30-36-26(14-16-40(30)2)21-35(43-5)37(44-6)38(36)46-34;;/h7-12,19-22,29-30H,13-18H2,1-6H3;2*1H/t29-,30+;;/m0../s1. The van der Waals surface area contributed by atoms with Crippen LogP contribution < -0.4 is 28.4 Å². The van der Waals surface area contributed by atoms with Crippen molar-refractivity contribution in [1.29, 1.82) is 0 Å².